The summed E-state index contributed by atoms with van der Waals surface area (Å²) in [4.78, 5) is 25.1. The van der Waals surface area contributed by atoms with Crippen LogP contribution >= 0.6 is 0 Å². The Kier molecular flexibility index (Phi) is 21.3. The molecule has 0 aliphatic heterocycles. The molecule has 6 heteroatoms. The molecule has 0 aliphatic carbocycles. The van der Waals surface area contributed by atoms with E-state index in [0.29, 0.717) is 26.2 Å². The summed E-state index contributed by atoms with van der Waals surface area (Å²) in [5.74, 6) is -0.149. The van der Waals surface area contributed by atoms with Crippen molar-refractivity contribution in [3.8, 4) is 0 Å². The average molecular weight is 486 g/mol. The second kappa shape index (κ2) is 22.2. The predicted molar refractivity (Wildman–Crippen MR) is 140 cm³/mol. The van der Waals surface area contributed by atoms with Crippen LogP contribution in [-0.4, -0.2) is 56.0 Å². The summed E-state index contributed by atoms with van der Waals surface area (Å²) in [6, 6.07) is 0. The Morgan fingerprint density at radius 3 is 1.62 bits per heavy atom. The van der Waals surface area contributed by atoms with Gasteiger partial charge in [0.05, 0.1) is 13.2 Å². The van der Waals surface area contributed by atoms with Crippen molar-refractivity contribution in [2.75, 3.05) is 33.4 Å². The van der Waals surface area contributed by atoms with E-state index in [1.807, 2.05) is 20.8 Å². The predicted octanol–water partition coefficient (Wildman–Crippen LogP) is 7.67. The highest BCUT2D eigenvalue weighted by Gasteiger charge is 2.19. The van der Waals surface area contributed by atoms with E-state index >= 15 is 0 Å². The second-order valence-electron chi connectivity index (χ2n) is 10.4. The van der Waals surface area contributed by atoms with E-state index in [4.69, 9.17) is 14.2 Å². The molecule has 0 heterocycles. The SMILES string of the molecule is CCCCCCCCCCCCCCCCCC(=O)OCCOCCN(C)C(=O)OC(C)(C)C. The van der Waals surface area contributed by atoms with Crippen molar-refractivity contribution in [2.24, 2.45) is 0 Å². The van der Waals surface area contributed by atoms with Crippen molar-refractivity contribution in [1.29, 1.82) is 0 Å². The minimum atomic E-state index is -0.507. The van der Waals surface area contributed by atoms with Crippen molar-refractivity contribution in [2.45, 2.75) is 136 Å². The van der Waals surface area contributed by atoms with Crippen LogP contribution in [0.5, 0.6) is 0 Å². The van der Waals surface area contributed by atoms with Crippen molar-refractivity contribution < 1.29 is 23.8 Å². The van der Waals surface area contributed by atoms with Crippen molar-refractivity contribution >= 4 is 12.1 Å². The molecule has 0 saturated carbocycles. The molecular weight excluding hydrogens is 430 g/mol. The normalized spacial score (nSPS) is 11.4. The van der Waals surface area contributed by atoms with E-state index in [1.54, 1.807) is 7.05 Å². The topological polar surface area (TPSA) is 65.1 Å². The van der Waals surface area contributed by atoms with Gasteiger partial charge in [-0.2, -0.15) is 0 Å². The number of unbranched alkanes of at least 4 members (excludes halogenated alkanes) is 14. The van der Waals surface area contributed by atoms with Crippen LogP contribution in [0, 0.1) is 0 Å². The first-order valence-corrected chi connectivity index (χ1v) is 13.9. The molecule has 34 heavy (non-hydrogen) atoms. The van der Waals surface area contributed by atoms with Gasteiger partial charge in [-0.05, 0) is 27.2 Å². The third kappa shape index (κ3) is 23.8. The zero-order valence-electron chi connectivity index (χ0n) is 23.1. The lowest BCUT2D eigenvalue weighted by molar-refractivity contribution is -0.145. The fraction of sp³-hybridized carbons (Fsp3) is 0.929. The lowest BCUT2D eigenvalue weighted by Crippen LogP contribution is -2.36. The van der Waals surface area contributed by atoms with Crippen molar-refractivity contribution in [3.05, 3.63) is 0 Å². The van der Waals surface area contributed by atoms with Gasteiger partial charge in [-0.3, -0.25) is 4.79 Å². The van der Waals surface area contributed by atoms with Crippen LogP contribution in [0.4, 0.5) is 4.79 Å². The molecule has 0 aromatic rings. The molecule has 0 unspecified atom stereocenters. The number of rotatable bonds is 22. The van der Waals surface area contributed by atoms with Gasteiger partial charge in [0.25, 0.3) is 0 Å². The maximum atomic E-state index is 11.8. The van der Waals surface area contributed by atoms with E-state index in [1.165, 1.54) is 88.4 Å². The Morgan fingerprint density at radius 2 is 1.15 bits per heavy atom. The molecule has 0 N–H and O–H groups in total. The highest BCUT2D eigenvalue weighted by Crippen LogP contribution is 2.14. The number of hydrogen-bond donors (Lipinski definition) is 0. The molecule has 202 valence electrons. The van der Waals surface area contributed by atoms with E-state index in [-0.39, 0.29) is 18.7 Å². The zero-order chi connectivity index (χ0) is 25.5. The summed E-state index contributed by atoms with van der Waals surface area (Å²) in [6.45, 7) is 9.19. The number of ether oxygens (including phenoxy) is 3. The standard InChI is InChI=1S/C28H55NO5/c1-6-7-8-9-10-11-12-13-14-15-16-17-18-19-20-21-26(30)33-25-24-32-23-22-29(5)27(31)34-28(2,3)4/h6-25H2,1-5H3. The molecule has 0 aromatic carbocycles. The summed E-state index contributed by atoms with van der Waals surface area (Å²) in [7, 11) is 1.68. The Hall–Kier alpha value is -1.30. The van der Waals surface area contributed by atoms with Gasteiger partial charge in [0.1, 0.15) is 12.2 Å². The third-order valence-electron chi connectivity index (χ3n) is 5.75. The van der Waals surface area contributed by atoms with Crippen LogP contribution in [0.3, 0.4) is 0 Å². The van der Waals surface area contributed by atoms with Crippen LogP contribution < -0.4 is 0 Å². The molecule has 0 aliphatic rings. The lowest BCUT2D eigenvalue weighted by atomic mass is 10.0. The summed E-state index contributed by atoms with van der Waals surface area (Å²) in [5, 5.41) is 0. The molecule has 0 bridgehead atoms. The van der Waals surface area contributed by atoms with Crippen molar-refractivity contribution in [3.63, 3.8) is 0 Å². The van der Waals surface area contributed by atoms with Crippen LogP contribution in [0.1, 0.15) is 130 Å². The van der Waals surface area contributed by atoms with E-state index in [9.17, 15) is 9.59 Å². The van der Waals surface area contributed by atoms with E-state index in [2.05, 4.69) is 6.92 Å². The van der Waals surface area contributed by atoms with Gasteiger partial charge in [-0.1, -0.05) is 96.8 Å². The minimum Gasteiger partial charge on any atom is -0.463 e. The van der Waals surface area contributed by atoms with E-state index < -0.39 is 5.60 Å². The Bertz CT molecular complexity index is 490. The van der Waals surface area contributed by atoms with Gasteiger partial charge in [-0.15, -0.1) is 0 Å². The Morgan fingerprint density at radius 1 is 0.676 bits per heavy atom. The zero-order valence-corrected chi connectivity index (χ0v) is 23.1. The van der Waals surface area contributed by atoms with Crippen LogP contribution in [0.15, 0.2) is 0 Å². The molecule has 0 rings (SSSR count). The maximum absolute atomic E-state index is 11.8. The number of nitrogens with zero attached hydrogens (tertiary/aromatic N) is 1. The number of amides is 1. The third-order valence-corrected chi connectivity index (χ3v) is 5.75. The monoisotopic (exact) mass is 485 g/mol. The highest BCUT2D eigenvalue weighted by molar-refractivity contribution is 5.69. The van der Waals surface area contributed by atoms with Gasteiger partial charge < -0.3 is 19.1 Å². The van der Waals surface area contributed by atoms with Gasteiger partial charge in [0.15, 0.2) is 0 Å². The summed E-state index contributed by atoms with van der Waals surface area (Å²) >= 11 is 0. The molecule has 0 spiro atoms. The smallest absolute Gasteiger partial charge is 0.410 e. The van der Waals surface area contributed by atoms with Gasteiger partial charge in [-0.25, -0.2) is 4.79 Å². The average Bonchev–Trinajstić information content (AvgIpc) is 2.77. The summed E-state index contributed by atoms with van der Waals surface area (Å²) in [6.07, 6.45) is 19.8. The number of likely N-dealkylation sites (N-methyl/N-ethyl adjacent to an activating group) is 1. The number of esters is 1. The largest absolute Gasteiger partial charge is 0.463 e. The highest BCUT2D eigenvalue weighted by atomic mass is 16.6. The van der Waals surface area contributed by atoms with Crippen LogP contribution in [0.25, 0.3) is 0 Å². The first-order chi connectivity index (χ1) is 16.3. The maximum Gasteiger partial charge on any atom is 0.410 e. The van der Waals surface area contributed by atoms with Crippen LogP contribution in [-0.2, 0) is 19.0 Å². The number of hydrogen-bond acceptors (Lipinski definition) is 5. The summed E-state index contributed by atoms with van der Waals surface area (Å²) < 4.78 is 15.9. The molecule has 6 nitrogen and oxygen atoms in total. The van der Waals surface area contributed by atoms with E-state index in [0.717, 1.165) is 12.8 Å². The van der Waals surface area contributed by atoms with Crippen molar-refractivity contribution in [1.82, 2.24) is 4.90 Å². The molecule has 0 atom stereocenters. The fourth-order valence-corrected chi connectivity index (χ4v) is 3.66. The van der Waals surface area contributed by atoms with Gasteiger partial charge in [0, 0.05) is 20.0 Å². The summed E-state index contributed by atoms with van der Waals surface area (Å²) in [5.41, 5.74) is -0.507. The number of carbonyl (C=O) groups excluding carboxylic acids is 2. The fourth-order valence-electron chi connectivity index (χ4n) is 3.66. The molecular formula is C28H55NO5. The molecule has 0 radical (unpaired) electrons. The Labute approximate surface area is 210 Å². The van der Waals surface area contributed by atoms with Crippen LogP contribution in [0.2, 0.25) is 0 Å². The second-order valence-corrected chi connectivity index (χ2v) is 10.4. The first-order valence-electron chi connectivity index (χ1n) is 13.9. The quantitative estimate of drug-likeness (QED) is 0.116. The number of carbonyl (C=O) groups is 2. The molecule has 0 aromatic heterocycles. The first kappa shape index (κ1) is 32.7. The molecule has 0 saturated heterocycles. The van der Waals surface area contributed by atoms with Gasteiger partial charge in [0.2, 0.25) is 0 Å². The Balaban J connectivity index is 3.35. The lowest BCUT2D eigenvalue weighted by Gasteiger charge is -2.24. The minimum absolute atomic E-state index is 0.149. The van der Waals surface area contributed by atoms with Gasteiger partial charge >= 0.3 is 12.1 Å². The molecule has 1 amide bonds. The molecule has 0 fully saturated rings.